The molecule has 1 aliphatic rings. The van der Waals surface area contributed by atoms with Gasteiger partial charge in [-0.25, -0.2) is 8.42 Å². The molecular formula is C23H29N3O4S. The van der Waals surface area contributed by atoms with Crippen molar-refractivity contribution in [3.63, 3.8) is 0 Å². The number of morpholine rings is 1. The van der Waals surface area contributed by atoms with Gasteiger partial charge in [-0.1, -0.05) is 57.7 Å². The third-order valence-electron chi connectivity index (χ3n) is 5.13. The van der Waals surface area contributed by atoms with E-state index in [2.05, 4.69) is 38.2 Å². The Morgan fingerprint density at radius 3 is 2.26 bits per heavy atom. The first kappa shape index (κ1) is 23.0. The molecule has 0 spiro atoms. The molecule has 0 bridgehead atoms. The van der Waals surface area contributed by atoms with Crippen LogP contribution in [0, 0.1) is 0 Å². The SMILES string of the molecule is C=C(NNC(=O)c1cccc(S(=O)(=O)N2CCOCC2)c1)c1ccc(C(C)(C)C)cc1. The van der Waals surface area contributed by atoms with Crippen molar-refractivity contribution in [2.45, 2.75) is 31.1 Å². The number of hydrogen-bond acceptors (Lipinski definition) is 5. The second-order valence-corrected chi connectivity index (χ2v) is 10.4. The van der Waals surface area contributed by atoms with Gasteiger partial charge in [0.15, 0.2) is 0 Å². The zero-order valence-electron chi connectivity index (χ0n) is 18.1. The van der Waals surface area contributed by atoms with E-state index in [1.807, 2.05) is 24.3 Å². The number of carbonyl (C=O) groups is 1. The van der Waals surface area contributed by atoms with E-state index in [1.165, 1.54) is 22.0 Å². The number of rotatable bonds is 6. The van der Waals surface area contributed by atoms with Crippen molar-refractivity contribution in [3.05, 3.63) is 71.8 Å². The Balaban J connectivity index is 1.66. The van der Waals surface area contributed by atoms with Crippen molar-refractivity contribution >= 4 is 21.6 Å². The van der Waals surface area contributed by atoms with Gasteiger partial charge in [-0.15, -0.1) is 0 Å². The molecule has 0 unspecified atom stereocenters. The van der Waals surface area contributed by atoms with Gasteiger partial charge in [0, 0.05) is 18.7 Å². The van der Waals surface area contributed by atoms with E-state index in [9.17, 15) is 13.2 Å². The molecule has 1 aliphatic heterocycles. The summed E-state index contributed by atoms with van der Waals surface area (Å²) in [5.41, 5.74) is 8.25. The van der Waals surface area contributed by atoms with E-state index in [1.54, 1.807) is 12.1 Å². The monoisotopic (exact) mass is 443 g/mol. The highest BCUT2D eigenvalue weighted by atomic mass is 32.2. The zero-order valence-corrected chi connectivity index (χ0v) is 19.0. The van der Waals surface area contributed by atoms with Crippen LogP contribution in [0.25, 0.3) is 5.70 Å². The minimum absolute atomic E-state index is 0.0497. The Hall–Kier alpha value is -2.68. The lowest BCUT2D eigenvalue weighted by Crippen LogP contribution is -2.40. The van der Waals surface area contributed by atoms with Crippen LogP contribution in [-0.2, 0) is 20.2 Å². The smallest absolute Gasteiger partial charge is 0.269 e. The predicted octanol–water partition coefficient (Wildman–Crippen LogP) is 2.91. The summed E-state index contributed by atoms with van der Waals surface area (Å²) in [6.07, 6.45) is 0. The van der Waals surface area contributed by atoms with Gasteiger partial charge in [-0.3, -0.25) is 15.6 Å². The molecule has 2 aromatic rings. The highest BCUT2D eigenvalue weighted by Crippen LogP contribution is 2.23. The van der Waals surface area contributed by atoms with Gasteiger partial charge >= 0.3 is 0 Å². The fraction of sp³-hybridized carbons (Fsp3) is 0.348. The molecule has 1 saturated heterocycles. The quantitative estimate of drug-likeness (QED) is 0.671. The Morgan fingerprint density at radius 2 is 1.65 bits per heavy atom. The van der Waals surface area contributed by atoms with Crippen molar-refractivity contribution < 1.29 is 17.9 Å². The number of hydrogen-bond donors (Lipinski definition) is 2. The summed E-state index contributed by atoms with van der Waals surface area (Å²) in [5.74, 6) is -0.452. The molecule has 2 aromatic carbocycles. The van der Waals surface area contributed by atoms with E-state index in [4.69, 9.17) is 4.74 Å². The molecule has 1 heterocycles. The summed E-state index contributed by atoms with van der Waals surface area (Å²) in [7, 11) is -3.67. The highest BCUT2D eigenvalue weighted by Gasteiger charge is 2.26. The minimum Gasteiger partial charge on any atom is -0.379 e. The molecule has 7 nitrogen and oxygen atoms in total. The van der Waals surface area contributed by atoms with Crippen molar-refractivity contribution in [1.82, 2.24) is 15.2 Å². The molecule has 1 amide bonds. The van der Waals surface area contributed by atoms with Crippen LogP contribution >= 0.6 is 0 Å². The lowest BCUT2D eigenvalue weighted by atomic mass is 9.86. The number of carbonyl (C=O) groups excluding carboxylic acids is 1. The Bertz CT molecular complexity index is 1050. The molecule has 0 atom stereocenters. The van der Waals surface area contributed by atoms with Crippen LogP contribution in [0.2, 0.25) is 0 Å². The largest absolute Gasteiger partial charge is 0.379 e. The fourth-order valence-electron chi connectivity index (χ4n) is 3.18. The van der Waals surface area contributed by atoms with Crippen LogP contribution in [0.3, 0.4) is 0 Å². The summed E-state index contributed by atoms with van der Waals surface area (Å²) in [5, 5.41) is 0. The van der Waals surface area contributed by atoms with Crippen LogP contribution in [0.5, 0.6) is 0 Å². The van der Waals surface area contributed by atoms with E-state index < -0.39 is 15.9 Å². The lowest BCUT2D eigenvalue weighted by Gasteiger charge is -2.26. The van der Waals surface area contributed by atoms with Crippen molar-refractivity contribution in [3.8, 4) is 0 Å². The van der Waals surface area contributed by atoms with Gasteiger partial charge in [0.2, 0.25) is 10.0 Å². The van der Waals surface area contributed by atoms with Crippen LogP contribution < -0.4 is 10.9 Å². The lowest BCUT2D eigenvalue weighted by molar-refractivity contribution is 0.0730. The van der Waals surface area contributed by atoms with E-state index in [0.717, 1.165) is 5.56 Å². The first-order chi connectivity index (χ1) is 14.6. The van der Waals surface area contributed by atoms with E-state index in [0.29, 0.717) is 32.0 Å². The van der Waals surface area contributed by atoms with Crippen molar-refractivity contribution in [2.24, 2.45) is 0 Å². The van der Waals surface area contributed by atoms with Gasteiger partial charge in [-0.2, -0.15) is 4.31 Å². The molecule has 166 valence electrons. The van der Waals surface area contributed by atoms with Crippen LogP contribution in [0.1, 0.15) is 42.3 Å². The number of sulfonamides is 1. The molecule has 2 N–H and O–H groups in total. The summed E-state index contributed by atoms with van der Waals surface area (Å²) < 4.78 is 32.2. The molecule has 0 aromatic heterocycles. The average molecular weight is 444 g/mol. The number of hydrazine groups is 1. The molecule has 1 fully saturated rings. The van der Waals surface area contributed by atoms with Gasteiger partial charge in [0.1, 0.15) is 0 Å². The van der Waals surface area contributed by atoms with Gasteiger partial charge in [-0.05, 0) is 34.7 Å². The molecule has 31 heavy (non-hydrogen) atoms. The predicted molar refractivity (Wildman–Crippen MR) is 121 cm³/mol. The zero-order chi connectivity index (χ0) is 22.6. The van der Waals surface area contributed by atoms with Crippen LogP contribution in [0.15, 0.2) is 60.0 Å². The summed E-state index contributed by atoms with van der Waals surface area (Å²) in [6, 6.07) is 13.9. The van der Waals surface area contributed by atoms with Gasteiger partial charge < -0.3 is 4.74 Å². The van der Waals surface area contributed by atoms with Crippen molar-refractivity contribution in [1.29, 1.82) is 0 Å². The van der Waals surface area contributed by atoms with Crippen molar-refractivity contribution in [2.75, 3.05) is 26.3 Å². The third kappa shape index (κ3) is 5.52. The number of nitrogens with zero attached hydrogens (tertiary/aromatic N) is 1. The number of benzene rings is 2. The number of amides is 1. The second kappa shape index (κ2) is 9.21. The molecule has 8 heteroatoms. The Kier molecular flexibility index (Phi) is 6.83. The van der Waals surface area contributed by atoms with E-state index in [-0.39, 0.29) is 15.9 Å². The molecule has 3 rings (SSSR count). The number of ether oxygens (including phenoxy) is 1. The first-order valence-corrected chi connectivity index (χ1v) is 11.6. The fourth-order valence-corrected chi connectivity index (χ4v) is 4.64. The summed E-state index contributed by atoms with van der Waals surface area (Å²) in [4.78, 5) is 12.7. The Labute approximate surface area is 184 Å². The minimum atomic E-state index is -3.67. The normalized spacial score (nSPS) is 15.3. The van der Waals surface area contributed by atoms with Crippen LogP contribution in [0.4, 0.5) is 0 Å². The maximum atomic E-state index is 12.8. The first-order valence-electron chi connectivity index (χ1n) is 10.1. The van der Waals surface area contributed by atoms with E-state index >= 15 is 0 Å². The molecule has 0 radical (unpaired) electrons. The standard InChI is InChI=1S/C23H29N3O4S/c1-17(18-8-10-20(11-9-18)23(2,3)4)24-25-22(27)19-6-5-7-21(16-19)31(28,29)26-12-14-30-15-13-26/h5-11,16,24H,1,12-15H2,2-4H3,(H,25,27). The van der Waals surface area contributed by atoms with Crippen LogP contribution in [-0.4, -0.2) is 44.9 Å². The summed E-state index contributed by atoms with van der Waals surface area (Å²) in [6.45, 7) is 11.7. The molecular weight excluding hydrogens is 414 g/mol. The summed E-state index contributed by atoms with van der Waals surface area (Å²) >= 11 is 0. The maximum absolute atomic E-state index is 12.8. The Morgan fingerprint density at radius 1 is 1.00 bits per heavy atom. The molecule has 0 saturated carbocycles. The number of nitrogens with one attached hydrogen (secondary N) is 2. The highest BCUT2D eigenvalue weighted by molar-refractivity contribution is 7.89. The average Bonchev–Trinajstić information content (AvgIpc) is 2.77. The molecule has 0 aliphatic carbocycles. The second-order valence-electron chi connectivity index (χ2n) is 8.43. The third-order valence-corrected chi connectivity index (χ3v) is 7.02. The maximum Gasteiger partial charge on any atom is 0.269 e. The van der Waals surface area contributed by atoms with Gasteiger partial charge in [0.05, 0.1) is 23.8 Å². The topological polar surface area (TPSA) is 87.7 Å². The van der Waals surface area contributed by atoms with Gasteiger partial charge in [0.25, 0.3) is 5.91 Å².